The Hall–Kier alpha value is -2.04. The molecule has 0 amide bonds. The van der Waals surface area contributed by atoms with Crippen molar-refractivity contribution in [3.63, 3.8) is 0 Å². The molecule has 10 heteroatoms. The van der Waals surface area contributed by atoms with Gasteiger partial charge in [-0.2, -0.15) is 0 Å². The van der Waals surface area contributed by atoms with Gasteiger partial charge in [0.2, 0.25) is 5.95 Å². The number of aliphatic hydroxyl groups is 2. The minimum Gasteiger partial charge on any atom is -0.394 e. The molecule has 0 radical (unpaired) electrons. The van der Waals surface area contributed by atoms with Crippen LogP contribution in [0.3, 0.4) is 0 Å². The fourth-order valence-corrected chi connectivity index (χ4v) is 2.25. The van der Waals surface area contributed by atoms with Gasteiger partial charge in [0.1, 0.15) is 12.2 Å². The summed E-state index contributed by atoms with van der Waals surface area (Å²) in [5.41, 5.74) is 5.14. The van der Waals surface area contributed by atoms with Crippen molar-refractivity contribution in [3.05, 3.63) is 16.7 Å². The molecule has 4 atom stereocenters. The molecule has 108 valence electrons. The van der Waals surface area contributed by atoms with Gasteiger partial charge < -0.3 is 25.7 Å². The molecule has 3 heterocycles. The highest BCUT2D eigenvalue weighted by atomic mass is 19.1. The zero-order valence-corrected chi connectivity index (χ0v) is 10.1. The Morgan fingerprint density at radius 3 is 3.00 bits per heavy atom. The van der Waals surface area contributed by atoms with Crippen molar-refractivity contribution in [2.75, 3.05) is 12.3 Å². The lowest BCUT2D eigenvalue weighted by molar-refractivity contribution is -0.0451. The molecule has 2 aromatic rings. The van der Waals surface area contributed by atoms with Gasteiger partial charge in [-0.05, 0) is 0 Å². The van der Waals surface area contributed by atoms with Gasteiger partial charge in [-0.25, -0.2) is 14.4 Å². The SMILES string of the molecule is Nc1nc2c(=O)[nH]cnc2n1C1OC(CO)C(O)C1F. The Balaban J connectivity index is 2.14. The fraction of sp³-hybridized carbons (Fsp3) is 0.500. The molecule has 0 aliphatic carbocycles. The fourth-order valence-electron chi connectivity index (χ4n) is 2.25. The van der Waals surface area contributed by atoms with E-state index in [1.807, 2.05) is 0 Å². The van der Waals surface area contributed by atoms with Gasteiger partial charge in [0.15, 0.2) is 23.6 Å². The lowest BCUT2D eigenvalue weighted by atomic mass is 10.1. The summed E-state index contributed by atoms with van der Waals surface area (Å²) >= 11 is 0. The van der Waals surface area contributed by atoms with Crippen LogP contribution in [0.4, 0.5) is 10.3 Å². The highest BCUT2D eigenvalue weighted by Gasteiger charge is 2.46. The maximum atomic E-state index is 14.1. The number of imidazole rings is 1. The zero-order valence-electron chi connectivity index (χ0n) is 10.1. The molecular weight excluding hydrogens is 273 g/mol. The normalized spacial score (nSPS) is 30.1. The van der Waals surface area contributed by atoms with E-state index in [0.717, 1.165) is 10.9 Å². The first-order valence-electron chi connectivity index (χ1n) is 5.84. The number of fused-ring (bicyclic) bond motifs is 1. The van der Waals surface area contributed by atoms with E-state index in [2.05, 4.69) is 15.0 Å². The van der Waals surface area contributed by atoms with E-state index in [1.54, 1.807) is 0 Å². The van der Waals surface area contributed by atoms with E-state index in [4.69, 9.17) is 15.6 Å². The number of nitrogen functional groups attached to an aromatic ring is 1. The van der Waals surface area contributed by atoms with E-state index in [0.29, 0.717) is 0 Å². The van der Waals surface area contributed by atoms with Crippen LogP contribution in [0.5, 0.6) is 0 Å². The van der Waals surface area contributed by atoms with Gasteiger partial charge in [0.05, 0.1) is 12.9 Å². The number of hydrogen-bond acceptors (Lipinski definition) is 7. The van der Waals surface area contributed by atoms with Crippen LogP contribution < -0.4 is 11.3 Å². The maximum absolute atomic E-state index is 14.1. The van der Waals surface area contributed by atoms with Crippen LogP contribution in [0.15, 0.2) is 11.1 Å². The molecule has 9 nitrogen and oxygen atoms in total. The lowest BCUT2D eigenvalue weighted by Crippen LogP contribution is -2.30. The van der Waals surface area contributed by atoms with Crippen molar-refractivity contribution >= 4 is 17.1 Å². The Labute approximate surface area is 110 Å². The number of anilines is 1. The third-order valence-corrected chi connectivity index (χ3v) is 3.24. The number of H-pyrrole nitrogens is 1. The third-order valence-electron chi connectivity index (χ3n) is 3.24. The first-order valence-corrected chi connectivity index (χ1v) is 5.84. The third kappa shape index (κ3) is 1.69. The van der Waals surface area contributed by atoms with Crippen LogP contribution in [-0.2, 0) is 4.74 Å². The van der Waals surface area contributed by atoms with Crippen molar-refractivity contribution in [2.45, 2.75) is 24.6 Å². The van der Waals surface area contributed by atoms with Crippen LogP contribution in [-0.4, -0.2) is 54.7 Å². The minimum atomic E-state index is -1.83. The standard InChI is InChI=1S/C10H12FN5O4/c11-4-6(18)3(1-17)20-9(4)16-7-5(15-10(16)12)8(19)14-2-13-7/h2-4,6,9,17-18H,1H2,(H2,12,15)(H,13,14,19). The Morgan fingerprint density at radius 2 is 2.35 bits per heavy atom. The second-order valence-corrected chi connectivity index (χ2v) is 4.43. The number of nitrogens with zero attached hydrogens (tertiary/aromatic N) is 3. The van der Waals surface area contributed by atoms with Crippen LogP contribution in [0.2, 0.25) is 0 Å². The summed E-state index contributed by atoms with van der Waals surface area (Å²) in [4.78, 5) is 21.6. The first-order chi connectivity index (χ1) is 9.54. The average Bonchev–Trinajstić information content (AvgIpc) is 2.90. The first kappa shape index (κ1) is 13.0. The number of alkyl halides is 1. The molecular formula is C10H12FN5O4. The molecule has 0 bridgehead atoms. The Morgan fingerprint density at radius 1 is 1.60 bits per heavy atom. The second kappa shape index (κ2) is 4.51. The molecule has 3 rings (SSSR count). The number of rotatable bonds is 2. The smallest absolute Gasteiger partial charge is 0.278 e. The Bertz CT molecular complexity index is 701. The quantitative estimate of drug-likeness (QED) is 0.515. The van der Waals surface area contributed by atoms with Gasteiger partial charge >= 0.3 is 0 Å². The van der Waals surface area contributed by atoms with Gasteiger partial charge in [-0.15, -0.1) is 0 Å². The van der Waals surface area contributed by atoms with Crippen molar-refractivity contribution in [2.24, 2.45) is 0 Å². The van der Waals surface area contributed by atoms with Gasteiger partial charge in [0.25, 0.3) is 5.56 Å². The number of aliphatic hydroxyl groups excluding tert-OH is 2. The van der Waals surface area contributed by atoms with E-state index >= 15 is 0 Å². The minimum absolute atomic E-state index is 0.0460. The molecule has 1 fully saturated rings. The molecule has 4 unspecified atom stereocenters. The van der Waals surface area contributed by atoms with Crippen molar-refractivity contribution in [1.29, 1.82) is 0 Å². The largest absolute Gasteiger partial charge is 0.394 e. The predicted molar refractivity (Wildman–Crippen MR) is 64.5 cm³/mol. The number of nitrogens with one attached hydrogen (secondary N) is 1. The van der Waals surface area contributed by atoms with Gasteiger partial charge in [-0.1, -0.05) is 0 Å². The van der Waals surface area contributed by atoms with Crippen molar-refractivity contribution in [1.82, 2.24) is 19.5 Å². The van der Waals surface area contributed by atoms with Crippen molar-refractivity contribution in [3.8, 4) is 0 Å². The lowest BCUT2D eigenvalue weighted by Gasteiger charge is -2.16. The Kier molecular flexibility index (Phi) is 2.92. The highest BCUT2D eigenvalue weighted by Crippen LogP contribution is 2.34. The summed E-state index contributed by atoms with van der Waals surface area (Å²) in [5.74, 6) is -0.164. The summed E-state index contributed by atoms with van der Waals surface area (Å²) in [5, 5.41) is 18.6. The van der Waals surface area contributed by atoms with Gasteiger partial charge in [-0.3, -0.25) is 9.36 Å². The molecule has 0 aromatic carbocycles. The van der Waals surface area contributed by atoms with E-state index < -0.39 is 36.8 Å². The number of aromatic nitrogens is 4. The zero-order chi connectivity index (χ0) is 14.4. The molecule has 0 spiro atoms. The topological polar surface area (TPSA) is 139 Å². The number of ether oxygens (including phenoxy) is 1. The summed E-state index contributed by atoms with van der Waals surface area (Å²) in [6, 6.07) is 0. The predicted octanol–water partition coefficient (Wildman–Crippen LogP) is -1.71. The molecule has 0 saturated carbocycles. The van der Waals surface area contributed by atoms with E-state index in [1.165, 1.54) is 0 Å². The maximum Gasteiger partial charge on any atom is 0.278 e. The average molecular weight is 285 g/mol. The molecule has 1 saturated heterocycles. The second-order valence-electron chi connectivity index (χ2n) is 4.43. The van der Waals surface area contributed by atoms with E-state index in [-0.39, 0.29) is 17.1 Å². The van der Waals surface area contributed by atoms with E-state index in [9.17, 15) is 14.3 Å². The molecule has 5 N–H and O–H groups in total. The summed E-state index contributed by atoms with van der Waals surface area (Å²) < 4.78 is 20.4. The van der Waals surface area contributed by atoms with Crippen molar-refractivity contribution < 1.29 is 19.3 Å². The van der Waals surface area contributed by atoms with Crippen LogP contribution in [0.25, 0.3) is 11.2 Å². The van der Waals surface area contributed by atoms with Crippen LogP contribution in [0, 0.1) is 0 Å². The van der Waals surface area contributed by atoms with Crippen LogP contribution in [0.1, 0.15) is 6.23 Å². The van der Waals surface area contributed by atoms with Crippen LogP contribution >= 0.6 is 0 Å². The number of hydrogen-bond donors (Lipinski definition) is 4. The molecule has 1 aliphatic heterocycles. The number of nitrogens with two attached hydrogens (primary N) is 1. The monoisotopic (exact) mass is 285 g/mol. The number of aromatic amines is 1. The highest BCUT2D eigenvalue weighted by molar-refractivity contribution is 5.72. The summed E-state index contributed by atoms with van der Waals surface area (Å²) in [6.07, 6.45) is -4.57. The van der Waals surface area contributed by atoms with Gasteiger partial charge in [0, 0.05) is 0 Å². The molecule has 20 heavy (non-hydrogen) atoms. The summed E-state index contributed by atoms with van der Waals surface area (Å²) in [7, 11) is 0. The number of halogens is 1. The molecule has 2 aromatic heterocycles. The summed E-state index contributed by atoms with van der Waals surface area (Å²) in [6.45, 7) is -0.543. The molecule has 1 aliphatic rings.